The van der Waals surface area contributed by atoms with Crippen molar-refractivity contribution in [1.29, 1.82) is 0 Å². The highest BCUT2D eigenvalue weighted by Crippen LogP contribution is 2.21. The summed E-state index contributed by atoms with van der Waals surface area (Å²) in [5, 5.41) is 0. The van der Waals surface area contributed by atoms with Gasteiger partial charge in [0.25, 0.3) is 5.91 Å². The third kappa shape index (κ3) is 2.16. The SMILES string of the molecule is CC(=O)C1C=CC(C(C)(C)C)=NC1=O. The maximum atomic E-state index is 11.4. The van der Waals surface area contributed by atoms with Crippen molar-refractivity contribution in [1.82, 2.24) is 0 Å². The van der Waals surface area contributed by atoms with Crippen LogP contribution in [-0.2, 0) is 9.59 Å². The topological polar surface area (TPSA) is 46.5 Å². The van der Waals surface area contributed by atoms with E-state index < -0.39 is 5.92 Å². The number of carbonyl (C=O) groups is 2. The van der Waals surface area contributed by atoms with Gasteiger partial charge in [-0.05, 0) is 13.0 Å². The lowest BCUT2D eigenvalue weighted by atomic mass is 9.87. The van der Waals surface area contributed by atoms with Gasteiger partial charge in [0, 0.05) is 11.1 Å². The molecule has 1 heterocycles. The van der Waals surface area contributed by atoms with Crippen LogP contribution in [0.1, 0.15) is 27.7 Å². The van der Waals surface area contributed by atoms with Gasteiger partial charge in [0.1, 0.15) is 11.7 Å². The summed E-state index contributed by atoms with van der Waals surface area (Å²) in [6.07, 6.45) is 3.41. The number of ketones is 1. The molecule has 1 rings (SSSR count). The number of amides is 1. The smallest absolute Gasteiger partial charge is 0.260 e. The molecule has 1 aliphatic heterocycles. The number of rotatable bonds is 1. The number of aliphatic imine (C=N–C) groups is 1. The van der Waals surface area contributed by atoms with Crippen molar-refractivity contribution >= 4 is 17.4 Å². The summed E-state index contributed by atoms with van der Waals surface area (Å²) < 4.78 is 0. The van der Waals surface area contributed by atoms with Gasteiger partial charge in [-0.25, -0.2) is 4.99 Å². The molecule has 3 heteroatoms. The summed E-state index contributed by atoms with van der Waals surface area (Å²) in [5.74, 6) is -1.16. The summed E-state index contributed by atoms with van der Waals surface area (Å²) in [5.41, 5.74) is 0.591. The molecule has 76 valence electrons. The van der Waals surface area contributed by atoms with Crippen molar-refractivity contribution in [2.45, 2.75) is 27.7 Å². The number of hydrogen-bond donors (Lipinski definition) is 0. The van der Waals surface area contributed by atoms with E-state index in [1.165, 1.54) is 6.92 Å². The molecule has 0 aromatic heterocycles. The molecule has 1 unspecified atom stereocenters. The summed E-state index contributed by atoms with van der Waals surface area (Å²) in [7, 11) is 0. The zero-order chi connectivity index (χ0) is 10.9. The molecule has 0 N–H and O–H groups in total. The van der Waals surface area contributed by atoms with Gasteiger partial charge in [-0.1, -0.05) is 26.8 Å². The third-order valence-corrected chi connectivity index (χ3v) is 2.15. The Morgan fingerprint density at radius 2 is 2.00 bits per heavy atom. The van der Waals surface area contributed by atoms with E-state index in [1.807, 2.05) is 20.8 Å². The minimum Gasteiger partial charge on any atom is -0.299 e. The molecular weight excluding hydrogens is 178 g/mol. The molecule has 0 saturated carbocycles. The number of nitrogens with zero attached hydrogens (tertiary/aromatic N) is 1. The van der Waals surface area contributed by atoms with Gasteiger partial charge in [-0.3, -0.25) is 9.59 Å². The fourth-order valence-corrected chi connectivity index (χ4v) is 1.22. The molecule has 0 saturated heterocycles. The quantitative estimate of drug-likeness (QED) is 0.596. The van der Waals surface area contributed by atoms with E-state index in [4.69, 9.17) is 0 Å². The summed E-state index contributed by atoms with van der Waals surface area (Å²) >= 11 is 0. The zero-order valence-corrected chi connectivity index (χ0v) is 9.00. The fourth-order valence-electron chi connectivity index (χ4n) is 1.22. The molecule has 1 atom stereocenters. The van der Waals surface area contributed by atoms with Crippen molar-refractivity contribution in [2.24, 2.45) is 16.3 Å². The molecule has 0 fully saturated rings. The molecule has 3 nitrogen and oxygen atoms in total. The average molecular weight is 193 g/mol. The van der Waals surface area contributed by atoms with Crippen LogP contribution in [0.3, 0.4) is 0 Å². The molecule has 0 aromatic rings. The molecular formula is C11H15NO2. The van der Waals surface area contributed by atoms with Crippen LogP contribution >= 0.6 is 0 Å². The van der Waals surface area contributed by atoms with Gasteiger partial charge in [0.05, 0.1) is 0 Å². The highest BCUT2D eigenvalue weighted by Gasteiger charge is 2.27. The Kier molecular flexibility index (Phi) is 2.69. The van der Waals surface area contributed by atoms with Crippen LogP contribution in [0.2, 0.25) is 0 Å². The maximum Gasteiger partial charge on any atom is 0.260 e. The lowest BCUT2D eigenvalue weighted by Crippen LogP contribution is -2.28. The van der Waals surface area contributed by atoms with Crippen molar-refractivity contribution in [3.63, 3.8) is 0 Å². The van der Waals surface area contributed by atoms with Crippen LogP contribution in [0.25, 0.3) is 0 Å². The van der Waals surface area contributed by atoms with E-state index in [1.54, 1.807) is 12.2 Å². The molecule has 0 aliphatic carbocycles. The van der Waals surface area contributed by atoms with Crippen LogP contribution in [0.15, 0.2) is 17.1 Å². The lowest BCUT2D eigenvalue weighted by Gasteiger charge is -2.21. The predicted octanol–water partition coefficient (Wildman–Crippen LogP) is 1.78. The Balaban J connectivity index is 2.94. The fraction of sp³-hybridized carbons (Fsp3) is 0.545. The van der Waals surface area contributed by atoms with Gasteiger partial charge in [0.2, 0.25) is 0 Å². The Hall–Kier alpha value is -1.25. The summed E-state index contributed by atoms with van der Waals surface area (Å²) in [4.78, 5) is 26.4. The van der Waals surface area contributed by atoms with Gasteiger partial charge < -0.3 is 0 Å². The van der Waals surface area contributed by atoms with Crippen molar-refractivity contribution in [2.75, 3.05) is 0 Å². The Labute approximate surface area is 83.9 Å². The van der Waals surface area contributed by atoms with E-state index in [9.17, 15) is 9.59 Å². The van der Waals surface area contributed by atoms with E-state index in [-0.39, 0.29) is 17.1 Å². The molecule has 0 spiro atoms. The van der Waals surface area contributed by atoms with Crippen molar-refractivity contribution in [3.8, 4) is 0 Å². The first-order valence-corrected chi connectivity index (χ1v) is 4.64. The van der Waals surface area contributed by atoms with E-state index in [0.29, 0.717) is 0 Å². The molecule has 0 aromatic carbocycles. The average Bonchev–Trinajstić information content (AvgIpc) is 2.01. The van der Waals surface area contributed by atoms with Crippen LogP contribution in [0.5, 0.6) is 0 Å². The number of hydrogen-bond acceptors (Lipinski definition) is 2. The van der Waals surface area contributed by atoms with Crippen LogP contribution < -0.4 is 0 Å². The highest BCUT2D eigenvalue weighted by molar-refractivity contribution is 6.14. The van der Waals surface area contributed by atoms with E-state index in [2.05, 4.69) is 4.99 Å². The Morgan fingerprint density at radius 3 is 2.36 bits per heavy atom. The van der Waals surface area contributed by atoms with Gasteiger partial charge >= 0.3 is 0 Å². The molecule has 0 radical (unpaired) electrons. The maximum absolute atomic E-state index is 11.4. The summed E-state index contributed by atoms with van der Waals surface area (Å²) in [6.45, 7) is 7.36. The van der Waals surface area contributed by atoms with Gasteiger partial charge in [-0.15, -0.1) is 0 Å². The van der Waals surface area contributed by atoms with Crippen LogP contribution in [-0.4, -0.2) is 17.4 Å². The number of Topliss-reactive ketones (excluding diaryl/α,β-unsaturated/α-hetero) is 1. The molecule has 0 bridgehead atoms. The number of dihydropyridines is 1. The van der Waals surface area contributed by atoms with Crippen molar-refractivity contribution < 1.29 is 9.59 Å². The Morgan fingerprint density at radius 1 is 1.43 bits per heavy atom. The van der Waals surface area contributed by atoms with Gasteiger partial charge in [0.15, 0.2) is 0 Å². The number of carbonyl (C=O) groups excluding carboxylic acids is 2. The van der Waals surface area contributed by atoms with Crippen LogP contribution in [0.4, 0.5) is 0 Å². The highest BCUT2D eigenvalue weighted by atomic mass is 16.2. The first-order valence-electron chi connectivity index (χ1n) is 4.64. The lowest BCUT2D eigenvalue weighted by molar-refractivity contribution is -0.128. The molecule has 1 aliphatic rings. The minimum absolute atomic E-state index is 0.145. The predicted molar refractivity (Wildman–Crippen MR) is 55.2 cm³/mol. The molecule has 14 heavy (non-hydrogen) atoms. The zero-order valence-electron chi connectivity index (χ0n) is 9.00. The number of allylic oxidation sites excluding steroid dienone is 1. The van der Waals surface area contributed by atoms with Gasteiger partial charge in [-0.2, -0.15) is 0 Å². The normalized spacial score (nSPS) is 22.1. The first-order chi connectivity index (χ1) is 6.32. The molecule has 1 amide bonds. The minimum atomic E-state index is -0.666. The van der Waals surface area contributed by atoms with Crippen LogP contribution in [0, 0.1) is 11.3 Å². The second kappa shape index (κ2) is 3.48. The largest absolute Gasteiger partial charge is 0.299 e. The van der Waals surface area contributed by atoms with E-state index >= 15 is 0 Å². The standard InChI is InChI=1S/C11H15NO2/c1-7(13)8-5-6-9(11(2,3)4)12-10(8)14/h5-6,8H,1-4H3. The second-order valence-electron chi connectivity index (χ2n) is 4.53. The second-order valence-corrected chi connectivity index (χ2v) is 4.53. The monoisotopic (exact) mass is 193 g/mol. The van der Waals surface area contributed by atoms with Crippen molar-refractivity contribution in [3.05, 3.63) is 12.2 Å². The van der Waals surface area contributed by atoms with E-state index in [0.717, 1.165) is 5.71 Å². The first kappa shape index (κ1) is 10.8. The Bertz CT molecular complexity index is 332. The third-order valence-electron chi connectivity index (χ3n) is 2.15. The summed E-state index contributed by atoms with van der Waals surface area (Å²) in [6, 6.07) is 0.